The van der Waals surface area contributed by atoms with Crippen LogP contribution in [0.15, 0.2) is 28.7 Å². The topological polar surface area (TPSA) is 81.9 Å². The van der Waals surface area contributed by atoms with Crippen molar-refractivity contribution in [2.24, 2.45) is 0 Å². The van der Waals surface area contributed by atoms with Crippen molar-refractivity contribution >= 4 is 57.3 Å². The van der Waals surface area contributed by atoms with Gasteiger partial charge < -0.3 is 14.6 Å². The van der Waals surface area contributed by atoms with Gasteiger partial charge in [-0.1, -0.05) is 41.9 Å². The first-order valence-electron chi connectivity index (χ1n) is 9.90. The first-order chi connectivity index (χ1) is 15.0. The van der Waals surface area contributed by atoms with Crippen molar-refractivity contribution in [1.82, 2.24) is 19.7 Å². The van der Waals surface area contributed by atoms with Crippen LogP contribution in [-0.2, 0) is 22.5 Å². The Morgan fingerprint density at radius 1 is 1.39 bits per heavy atom. The molecule has 0 bridgehead atoms. The Hall–Kier alpha value is -1.65. The summed E-state index contributed by atoms with van der Waals surface area (Å²) in [4.78, 5) is 17.0. The van der Waals surface area contributed by atoms with Crippen molar-refractivity contribution in [2.75, 3.05) is 17.7 Å². The number of rotatable bonds is 8. The average molecular weight is 498 g/mol. The van der Waals surface area contributed by atoms with E-state index in [1.54, 1.807) is 12.1 Å². The zero-order valence-electron chi connectivity index (χ0n) is 16.8. The van der Waals surface area contributed by atoms with Crippen molar-refractivity contribution < 1.29 is 9.53 Å². The highest BCUT2D eigenvalue weighted by Crippen LogP contribution is 2.32. The monoisotopic (exact) mass is 497 g/mol. The summed E-state index contributed by atoms with van der Waals surface area (Å²) in [6.45, 7) is 3.57. The number of nitrogens with zero attached hydrogens (tertiary/aromatic N) is 4. The van der Waals surface area contributed by atoms with Crippen LogP contribution in [0.2, 0.25) is 10.0 Å². The Morgan fingerprint density at radius 3 is 3.00 bits per heavy atom. The molecule has 1 fully saturated rings. The molecule has 1 saturated heterocycles. The minimum Gasteiger partial charge on any atom is -0.376 e. The third-order valence-corrected chi connectivity index (χ3v) is 7.08. The zero-order chi connectivity index (χ0) is 21.8. The molecule has 3 aromatic rings. The van der Waals surface area contributed by atoms with Gasteiger partial charge in [-0.05, 0) is 31.0 Å². The molecule has 1 N–H and O–H groups in total. The molecule has 11 heteroatoms. The molecule has 1 unspecified atom stereocenters. The lowest BCUT2D eigenvalue weighted by Gasteiger charge is -2.14. The van der Waals surface area contributed by atoms with E-state index in [4.69, 9.17) is 27.9 Å². The molecule has 1 aliphatic heterocycles. The minimum atomic E-state index is -0.155. The summed E-state index contributed by atoms with van der Waals surface area (Å²) in [5.74, 6) is 0.963. The van der Waals surface area contributed by atoms with Crippen LogP contribution >= 0.6 is 46.3 Å². The van der Waals surface area contributed by atoms with Gasteiger partial charge in [0.2, 0.25) is 5.91 Å². The van der Waals surface area contributed by atoms with Gasteiger partial charge >= 0.3 is 0 Å². The molecule has 164 valence electrons. The standard InChI is InChI=1S/C20H21Cl2N5O2S2/c1-2-17-25-26-20(27(17)9-13-4-3-7-29-13)31-11-18(28)24-19-23-16(10-30-19)14-6-5-12(21)8-15(14)22/h5-6,8,10,13H,2-4,7,9,11H2,1H3,(H,23,24,28). The number of benzene rings is 1. The molecular weight excluding hydrogens is 477 g/mol. The summed E-state index contributed by atoms with van der Waals surface area (Å²) in [6, 6.07) is 5.24. The number of thioether (sulfide) groups is 1. The van der Waals surface area contributed by atoms with Crippen LogP contribution in [0, 0.1) is 0 Å². The third kappa shape index (κ3) is 5.59. The molecule has 1 atom stereocenters. The largest absolute Gasteiger partial charge is 0.376 e. The number of thiazole rings is 1. The van der Waals surface area contributed by atoms with E-state index in [9.17, 15) is 4.79 Å². The van der Waals surface area contributed by atoms with Gasteiger partial charge in [-0.25, -0.2) is 4.98 Å². The van der Waals surface area contributed by atoms with Crippen molar-refractivity contribution in [3.05, 3.63) is 39.4 Å². The second-order valence-corrected chi connectivity index (χ2v) is 9.64. The summed E-state index contributed by atoms with van der Waals surface area (Å²) in [5, 5.41) is 15.6. The molecule has 31 heavy (non-hydrogen) atoms. The normalized spacial score (nSPS) is 16.0. The number of amides is 1. The molecule has 0 radical (unpaired) electrons. The third-order valence-electron chi connectivity index (χ3n) is 4.81. The van der Waals surface area contributed by atoms with Crippen LogP contribution in [0.1, 0.15) is 25.6 Å². The van der Waals surface area contributed by atoms with Crippen LogP contribution in [0.4, 0.5) is 5.13 Å². The van der Waals surface area contributed by atoms with E-state index in [-0.39, 0.29) is 17.8 Å². The minimum absolute atomic E-state index is 0.155. The van der Waals surface area contributed by atoms with E-state index < -0.39 is 0 Å². The number of nitrogens with one attached hydrogen (secondary N) is 1. The van der Waals surface area contributed by atoms with Gasteiger partial charge in [0.05, 0.1) is 29.1 Å². The molecule has 3 heterocycles. The van der Waals surface area contributed by atoms with Gasteiger partial charge in [0.1, 0.15) is 5.82 Å². The van der Waals surface area contributed by atoms with Gasteiger partial charge in [-0.3, -0.25) is 4.79 Å². The molecule has 1 aromatic carbocycles. The number of anilines is 1. The van der Waals surface area contributed by atoms with Crippen LogP contribution in [0.5, 0.6) is 0 Å². The molecule has 0 saturated carbocycles. The molecule has 7 nitrogen and oxygen atoms in total. The lowest BCUT2D eigenvalue weighted by atomic mass is 10.2. The Bertz CT molecular complexity index is 1070. The Kier molecular flexibility index (Phi) is 7.50. The van der Waals surface area contributed by atoms with Crippen molar-refractivity contribution in [3.63, 3.8) is 0 Å². The van der Waals surface area contributed by atoms with Crippen LogP contribution in [0.25, 0.3) is 11.3 Å². The Morgan fingerprint density at radius 2 is 2.26 bits per heavy atom. The number of ether oxygens (including phenoxy) is 1. The predicted molar refractivity (Wildman–Crippen MR) is 125 cm³/mol. The fraction of sp³-hybridized carbons (Fsp3) is 0.400. The lowest BCUT2D eigenvalue weighted by molar-refractivity contribution is -0.113. The highest BCUT2D eigenvalue weighted by molar-refractivity contribution is 7.99. The van der Waals surface area contributed by atoms with Crippen LogP contribution in [-0.4, -0.2) is 44.1 Å². The van der Waals surface area contributed by atoms with E-state index >= 15 is 0 Å². The van der Waals surface area contributed by atoms with Crippen molar-refractivity contribution in [3.8, 4) is 11.3 Å². The number of halogens is 2. The number of hydrogen-bond donors (Lipinski definition) is 1. The highest BCUT2D eigenvalue weighted by atomic mass is 35.5. The second kappa shape index (κ2) is 10.3. The second-order valence-electron chi connectivity index (χ2n) is 7.00. The molecule has 1 aliphatic rings. The Labute approximate surface area is 198 Å². The number of aromatic nitrogens is 4. The van der Waals surface area contributed by atoms with E-state index in [0.29, 0.717) is 20.9 Å². The quantitative estimate of drug-likeness (QED) is 0.431. The number of carbonyl (C=O) groups excluding carboxylic acids is 1. The maximum atomic E-state index is 12.5. The molecule has 4 rings (SSSR count). The summed E-state index contributed by atoms with van der Waals surface area (Å²) >= 11 is 14.9. The fourth-order valence-electron chi connectivity index (χ4n) is 3.30. The van der Waals surface area contributed by atoms with Gasteiger partial charge in [-0.15, -0.1) is 21.5 Å². The number of aryl methyl sites for hydroxylation is 1. The van der Waals surface area contributed by atoms with Crippen LogP contribution < -0.4 is 5.32 Å². The lowest BCUT2D eigenvalue weighted by Crippen LogP contribution is -2.19. The average Bonchev–Trinajstić information content (AvgIpc) is 3.49. The van der Waals surface area contributed by atoms with Gasteiger partial charge in [-0.2, -0.15) is 0 Å². The molecule has 2 aromatic heterocycles. The van der Waals surface area contributed by atoms with Crippen molar-refractivity contribution in [2.45, 2.75) is 44.0 Å². The summed E-state index contributed by atoms with van der Waals surface area (Å²) in [7, 11) is 0. The van der Waals surface area contributed by atoms with Crippen LogP contribution in [0.3, 0.4) is 0 Å². The van der Waals surface area contributed by atoms with E-state index in [0.717, 1.165) is 49.0 Å². The summed E-state index contributed by atoms with van der Waals surface area (Å²) < 4.78 is 7.82. The number of carbonyl (C=O) groups is 1. The van der Waals surface area contributed by atoms with E-state index in [1.165, 1.54) is 23.1 Å². The number of hydrogen-bond acceptors (Lipinski definition) is 7. The first-order valence-corrected chi connectivity index (χ1v) is 12.5. The van der Waals surface area contributed by atoms with Gasteiger partial charge in [0.15, 0.2) is 10.3 Å². The molecule has 1 amide bonds. The zero-order valence-corrected chi connectivity index (χ0v) is 20.0. The molecular formula is C20H21Cl2N5O2S2. The fourth-order valence-corrected chi connectivity index (χ4v) is 5.30. The smallest absolute Gasteiger partial charge is 0.236 e. The summed E-state index contributed by atoms with van der Waals surface area (Å²) in [5.41, 5.74) is 1.46. The van der Waals surface area contributed by atoms with Gasteiger partial charge in [0, 0.05) is 29.0 Å². The van der Waals surface area contributed by atoms with E-state index in [2.05, 4.69) is 25.1 Å². The highest BCUT2D eigenvalue weighted by Gasteiger charge is 2.21. The van der Waals surface area contributed by atoms with Gasteiger partial charge in [0.25, 0.3) is 0 Å². The van der Waals surface area contributed by atoms with Crippen molar-refractivity contribution in [1.29, 1.82) is 0 Å². The summed E-state index contributed by atoms with van der Waals surface area (Å²) in [6.07, 6.45) is 3.08. The predicted octanol–water partition coefficient (Wildman–Crippen LogP) is 5.18. The maximum absolute atomic E-state index is 12.5. The maximum Gasteiger partial charge on any atom is 0.236 e. The SMILES string of the molecule is CCc1nnc(SCC(=O)Nc2nc(-c3ccc(Cl)cc3Cl)cs2)n1CC1CCCO1. The van der Waals surface area contributed by atoms with E-state index in [1.807, 2.05) is 18.4 Å². The first kappa shape index (κ1) is 22.5. The Balaban J connectivity index is 1.37. The molecule has 0 spiro atoms. The molecule has 0 aliphatic carbocycles.